The molecule has 1 heterocycles. The van der Waals surface area contributed by atoms with Crippen LogP contribution in [-0.2, 0) is 13.6 Å². The van der Waals surface area contributed by atoms with Crippen molar-refractivity contribution >= 4 is 7.60 Å². The van der Waals surface area contributed by atoms with Crippen LogP contribution in [0.25, 0.3) is 0 Å². The highest BCUT2D eigenvalue weighted by Crippen LogP contribution is 2.65. The topological polar surface area (TPSA) is 92.7 Å². The van der Waals surface area contributed by atoms with Gasteiger partial charge >= 0.3 is 7.60 Å². The fourth-order valence-corrected chi connectivity index (χ4v) is 5.43. The van der Waals surface area contributed by atoms with E-state index in [4.69, 9.17) is 28.0 Å². The number of hydrogen-bond acceptors (Lipinski definition) is 8. The van der Waals surface area contributed by atoms with Gasteiger partial charge in [-0.1, -0.05) is 6.07 Å². The number of methoxy groups -OCH3 is 2. The van der Waals surface area contributed by atoms with E-state index in [0.717, 1.165) is 0 Å². The van der Waals surface area contributed by atoms with Crippen molar-refractivity contribution < 1.29 is 37.7 Å². The normalized spacial score (nSPS) is 13.9. The quantitative estimate of drug-likeness (QED) is 0.589. The van der Waals surface area contributed by atoms with Crippen molar-refractivity contribution in [3.05, 3.63) is 41.5 Å². The lowest BCUT2D eigenvalue weighted by Crippen LogP contribution is -2.09. The molecule has 2 aromatic carbocycles. The van der Waals surface area contributed by atoms with Gasteiger partial charge < -0.3 is 33.1 Å². The first-order valence-corrected chi connectivity index (χ1v) is 10.8. The molecule has 0 aliphatic carbocycles. The van der Waals surface area contributed by atoms with Crippen LogP contribution < -0.4 is 18.9 Å². The maximum Gasteiger partial charge on any atom is 0.342 e. The van der Waals surface area contributed by atoms with Gasteiger partial charge in [0.1, 0.15) is 11.4 Å². The molecule has 0 saturated carbocycles. The van der Waals surface area contributed by atoms with Crippen LogP contribution in [0.15, 0.2) is 30.3 Å². The predicted molar refractivity (Wildman–Crippen MR) is 106 cm³/mol. The molecule has 3 rings (SSSR count). The number of hydrogen-bond donors (Lipinski definition) is 1. The standard InChI is InChI=1S/C20H25O8P/c1-5-27-29(22,28-6-2)20(13-7-8-16(23-3)17(9-13)24-4)14-10-18-19(11-15(14)21)26-12-25-18/h7-11,20-21H,5-6,12H2,1-4H3/t20-/m0/s1. The summed E-state index contributed by atoms with van der Waals surface area (Å²) in [6.45, 7) is 3.86. The van der Waals surface area contributed by atoms with Crippen LogP contribution in [0.4, 0.5) is 0 Å². The lowest BCUT2D eigenvalue weighted by atomic mass is 10.0. The number of ether oxygens (including phenoxy) is 4. The molecule has 0 saturated heterocycles. The smallest absolute Gasteiger partial charge is 0.342 e. The average molecular weight is 424 g/mol. The van der Waals surface area contributed by atoms with Gasteiger partial charge in [0.05, 0.1) is 27.4 Å². The molecule has 1 aliphatic heterocycles. The van der Waals surface area contributed by atoms with Gasteiger partial charge in [0.2, 0.25) is 6.79 Å². The summed E-state index contributed by atoms with van der Waals surface area (Å²) in [5.74, 6) is 1.73. The molecule has 1 atom stereocenters. The summed E-state index contributed by atoms with van der Waals surface area (Å²) in [6.07, 6.45) is 0. The molecular weight excluding hydrogens is 399 g/mol. The van der Waals surface area contributed by atoms with E-state index in [0.29, 0.717) is 34.1 Å². The Morgan fingerprint density at radius 3 is 2.21 bits per heavy atom. The SMILES string of the molecule is CCOP(=O)(OCC)[C@@H](c1ccc(OC)c(OC)c1)c1cc2c(cc1O)OCO2. The molecule has 0 radical (unpaired) electrons. The highest BCUT2D eigenvalue weighted by atomic mass is 31.2. The van der Waals surface area contributed by atoms with Crippen molar-refractivity contribution in [1.82, 2.24) is 0 Å². The van der Waals surface area contributed by atoms with Gasteiger partial charge in [0, 0.05) is 11.6 Å². The second-order valence-electron chi connectivity index (χ2n) is 6.16. The first kappa shape index (κ1) is 21.3. The van der Waals surface area contributed by atoms with E-state index in [-0.39, 0.29) is 25.8 Å². The Bertz CT molecular complexity index is 904. The van der Waals surface area contributed by atoms with E-state index >= 15 is 0 Å². The lowest BCUT2D eigenvalue weighted by molar-refractivity contribution is 0.174. The summed E-state index contributed by atoms with van der Waals surface area (Å²) in [5, 5.41) is 10.7. The molecule has 29 heavy (non-hydrogen) atoms. The van der Waals surface area contributed by atoms with Gasteiger partial charge in [0.25, 0.3) is 0 Å². The zero-order chi connectivity index (χ0) is 21.0. The van der Waals surface area contributed by atoms with Crippen LogP contribution in [0.2, 0.25) is 0 Å². The van der Waals surface area contributed by atoms with Gasteiger partial charge in [-0.15, -0.1) is 0 Å². The summed E-state index contributed by atoms with van der Waals surface area (Å²) in [5.41, 5.74) is -0.00884. The Morgan fingerprint density at radius 1 is 1.00 bits per heavy atom. The minimum Gasteiger partial charge on any atom is -0.507 e. The third kappa shape index (κ3) is 4.15. The van der Waals surface area contributed by atoms with Crippen molar-refractivity contribution in [2.24, 2.45) is 0 Å². The summed E-state index contributed by atoms with van der Waals surface area (Å²) >= 11 is 0. The first-order chi connectivity index (χ1) is 14.0. The lowest BCUT2D eigenvalue weighted by Gasteiger charge is -2.28. The van der Waals surface area contributed by atoms with Gasteiger partial charge in [0.15, 0.2) is 23.0 Å². The van der Waals surface area contributed by atoms with E-state index in [9.17, 15) is 9.67 Å². The molecule has 0 bridgehead atoms. The molecule has 9 heteroatoms. The van der Waals surface area contributed by atoms with Gasteiger partial charge in [-0.2, -0.15) is 0 Å². The summed E-state index contributed by atoms with van der Waals surface area (Å²) < 4.78 is 46.5. The van der Waals surface area contributed by atoms with Crippen molar-refractivity contribution in [3.63, 3.8) is 0 Å². The van der Waals surface area contributed by atoms with E-state index in [2.05, 4.69) is 0 Å². The van der Waals surface area contributed by atoms with Crippen molar-refractivity contribution in [1.29, 1.82) is 0 Å². The van der Waals surface area contributed by atoms with E-state index in [1.54, 1.807) is 38.1 Å². The van der Waals surface area contributed by atoms with Gasteiger partial charge in [-0.25, -0.2) is 0 Å². The Balaban J connectivity index is 2.22. The van der Waals surface area contributed by atoms with Crippen LogP contribution in [0.1, 0.15) is 30.6 Å². The maximum absolute atomic E-state index is 13.8. The van der Waals surface area contributed by atoms with Crippen LogP contribution in [-0.4, -0.2) is 39.3 Å². The van der Waals surface area contributed by atoms with Crippen molar-refractivity contribution in [2.75, 3.05) is 34.2 Å². The molecule has 0 amide bonds. The molecule has 0 fully saturated rings. The molecular formula is C20H25O8P. The summed E-state index contributed by atoms with van der Waals surface area (Å²) in [6, 6.07) is 8.17. The number of fused-ring (bicyclic) bond motifs is 1. The third-order valence-electron chi connectivity index (χ3n) is 4.47. The molecule has 1 N–H and O–H groups in total. The zero-order valence-electron chi connectivity index (χ0n) is 16.8. The molecule has 158 valence electrons. The molecule has 0 aromatic heterocycles. The molecule has 8 nitrogen and oxygen atoms in total. The molecule has 1 aliphatic rings. The third-order valence-corrected chi connectivity index (χ3v) is 6.92. The van der Waals surface area contributed by atoms with E-state index in [1.165, 1.54) is 20.3 Å². The average Bonchev–Trinajstić information content (AvgIpc) is 3.15. The summed E-state index contributed by atoms with van der Waals surface area (Å²) in [4.78, 5) is 0. The second kappa shape index (κ2) is 8.95. The number of aromatic hydroxyl groups is 1. The fourth-order valence-electron chi connectivity index (χ4n) is 3.27. The summed E-state index contributed by atoms with van der Waals surface area (Å²) in [7, 11) is -0.687. The monoisotopic (exact) mass is 424 g/mol. The first-order valence-electron chi connectivity index (χ1n) is 9.20. The van der Waals surface area contributed by atoms with Crippen LogP contribution >= 0.6 is 7.60 Å². The number of benzene rings is 2. The highest BCUT2D eigenvalue weighted by Gasteiger charge is 2.41. The molecule has 0 spiro atoms. The van der Waals surface area contributed by atoms with Gasteiger partial charge in [-0.05, 0) is 37.6 Å². The Hall–Kier alpha value is -2.41. The Kier molecular flexibility index (Phi) is 6.57. The number of rotatable bonds is 9. The minimum atomic E-state index is -3.73. The van der Waals surface area contributed by atoms with Crippen LogP contribution in [0.3, 0.4) is 0 Å². The predicted octanol–water partition coefficient (Wildman–Crippen LogP) is 4.49. The van der Waals surface area contributed by atoms with Crippen LogP contribution in [0, 0.1) is 0 Å². The number of phenols is 1. The highest BCUT2D eigenvalue weighted by molar-refractivity contribution is 7.54. The van der Waals surface area contributed by atoms with Gasteiger partial charge in [-0.3, -0.25) is 4.57 Å². The Morgan fingerprint density at radius 2 is 1.62 bits per heavy atom. The fraction of sp³-hybridized carbons (Fsp3) is 0.400. The molecule has 2 aromatic rings. The van der Waals surface area contributed by atoms with Crippen molar-refractivity contribution in [3.8, 4) is 28.7 Å². The Labute approximate surface area is 169 Å². The molecule has 0 unspecified atom stereocenters. The second-order valence-corrected chi connectivity index (χ2v) is 8.27. The van der Waals surface area contributed by atoms with Crippen LogP contribution in [0.5, 0.6) is 28.7 Å². The van der Waals surface area contributed by atoms with E-state index in [1.807, 2.05) is 0 Å². The zero-order valence-corrected chi connectivity index (χ0v) is 17.7. The van der Waals surface area contributed by atoms with E-state index < -0.39 is 13.3 Å². The maximum atomic E-state index is 13.8. The minimum absolute atomic E-state index is 0.0494. The largest absolute Gasteiger partial charge is 0.507 e. The number of phenolic OH excluding ortho intramolecular Hbond substituents is 1. The van der Waals surface area contributed by atoms with Crippen molar-refractivity contribution in [2.45, 2.75) is 19.5 Å².